The lowest BCUT2D eigenvalue weighted by atomic mass is 9.69. The second-order valence-electron chi connectivity index (χ2n) is 9.12. The summed E-state index contributed by atoms with van der Waals surface area (Å²) in [5.41, 5.74) is 5.44. The van der Waals surface area contributed by atoms with Crippen LogP contribution in [0, 0.1) is 5.41 Å². The first-order valence-corrected chi connectivity index (χ1v) is 12.8. The number of hydrogen-bond acceptors (Lipinski definition) is 7. The number of aromatic nitrogens is 1. The Balaban J connectivity index is 1.71. The van der Waals surface area contributed by atoms with Gasteiger partial charge in [0.05, 0.1) is 11.7 Å². The molecule has 2 aliphatic heterocycles. The molecule has 3 N–H and O–H groups in total. The molecule has 0 aliphatic carbocycles. The van der Waals surface area contributed by atoms with Crippen molar-refractivity contribution in [2.24, 2.45) is 11.1 Å². The van der Waals surface area contributed by atoms with Crippen molar-refractivity contribution in [2.45, 2.75) is 37.6 Å². The number of nitrogens with two attached hydrogens (primary N) is 1. The van der Waals surface area contributed by atoms with Gasteiger partial charge in [0.15, 0.2) is 5.78 Å². The third-order valence-electron chi connectivity index (χ3n) is 7.01. The molecule has 200 valence electrons. The molecule has 2 aromatic rings. The van der Waals surface area contributed by atoms with Gasteiger partial charge in [0.25, 0.3) is 0 Å². The molecule has 0 radical (unpaired) electrons. The number of primary amides is 1. The molecule has 2 aliphatic rings. The molecule has 4 rings (SSSR count). The quantitative estimate of drug-likeness (QED) is 0.401. The molecule has 14 heteroatoms. The molecular formula is C23H25F3N4O6S. The standard InChI is InChI=1S/C23H25F3N4O6S/c24-23(25,26)36-16-6-4-15(5-7-16)30-14-10-22(8-12-29(13-9-22)37(33,34)35)20(30)19(31)18(21(27)32)17-3-1-2-11-28-17/h1-7,11,18,20H,8-10,12-14H2,(H2,27,32)(H,33,34,35). The summed E-state index contributed by atoms with van der Waals surface area (Å²) >= 11 is 0. The summed E-state index contributed by atoms with van der Waals surface area (Å²) < 4.78 is 75.4. The van der Waals surface area contributed by atoms with E-state index in [0.29, 0.717) is 18.7 Å². The van der Waals surface area contributed by atoms with E-state index in [1.165, 1.54) is 24.4 Å². The van der Waals surface area contributed by atoms with Crippen molar-refractivity contribution >= 4 is 27.7 Å². The molecule has 3 heterocycles. The predicted octanol–water partition coefficient (Wildman–Crippen LogP) is 2.28. The van der Waals surface area contributed by atoms with Gasteiger partial charge in [-0.05, 0) is 55.7 Å². The van der Waals surface area contributed by atoms with E-state index < -0.39 is 51.5 Å². The van der Waals surface area contributed by atoms with Gasteiger partial charge in [0.1, 0.15) is 11.7 Å². The van der Waals surface area contributed by atoms with Crippen LogP contribution in [0.1, 0.15) is 30.9 Å². The number of alkyl halides is 3. The number of Topliss-reactive ketones (excluding diaryl/α,β-unsaturated/α-hetero) is 1. The highest BCUT2D eigenvalue weighted by atomic mass is 32.2. The Hall–Kier alpha value is -3.23. The molecule has 2 unspecified atom stereocenters. The van der Waals surface area contributed by atoms with Gasteiger partial charge in [-0.1, -0.05) is 6.07 Å². The van der Waals surface area contributed by atoms with Crippen molar-refractivity contribution in [1.29, 1.82) is 0 Å². The summed E-state index contributed by atoms with van der Waals surface area (Å²) in [6.07, 6.45) is -2.58. The number of rotatable bonds is 7. The first kappa shape index (κ1) is 26.8. The van der Waals surface area contributed by atoms with Crippen LogP contribution in [0.2, 0.25) is 0 Å². The molecule has 1 spiro atoms. The zero-order valence-corrected chi connectivity index (χ0v) is 20.3. The van der Waals surface area contributed by atoms with Crippen LogP contribution in [0.25, 0.3) is 0 Å². The van der Waals surface area contributed by atoms with Crippen LogP contribution in [-0.2, 0) is 19.9 Å². The number of halogens is 3. The number of hydrogen-bond donors (Lipinski definition) is 2. The maximum absolute atomic E-state index is 14.0. The molecule has 37 heavy (non-hydrogen) atoms. The summed E-state index contributed by atoms with van der Waals surface area (Å²) in [6.45, 7) is 0.231. The summed E-state index contributed by atoms with van der Waals surface area (Å²) in [6, 6.07) is 8.79. The Morgan fingerprint density at radius 1 is 1.08 bits per heavy atom. The van der Waals surface area contributed by atoms with Gasteiger partial charge in [-0.2, -0.15) is 12.7 Å². The van der Waals surface area contributed by atoms with Crippen LogP contribution in [0.3, 0.4) is 0 Å². The first-order valence-electron chi connectivity index (χ1n) is 11.4. The summed E-state index contributed by atoms with van der Waals surface area (Å²) in [7, 11) is -4.42. The average Bonchev–Trinajstić information content (AvgIpc) is 3.17. The molecule has 2 fully saturated rings. The van der Waals surface area contributed by atoms with Crippen LogP contribution in [-0.4, -0.2) is 66.0 Å². The fourth-order valence-corrected chi connectivity index (χ4v) is 5.98. The number of ether oxygens (including phenoxy) is 1. The number of piperidine rings is 1. The predicted molar refractivity (Wildman–Crippen MR) is 125 cm³/mol. The van der Waals surface area contributed by atoms with E-state index in [0.717, 1.165) is 16.4 Å². The van der Waals surface area contributed by atoms with Crippen LogP contribution >= 0.6 is 0 Å². The van der Waals surface area contributed by atoms with Crippen molar-refractivity contribution in [3.63, 3.8) is 0 Å². The molecule has 1 aromatic carbocycles. The summed E-state index contributed by atoms with van der Waals surface area (Å²) in [5, 5.41) is 0. The number of anilines is 1. The minimum absolute atomic E-state index is 0.0420. The van der Waals surface area contributed by atoms with E-state index >= 15 is 0 Å². The fourth-order valence-electron chi connectivity index (χ4n) is 5.33. The number of pyridine rings is 1. The van der Waals surface area contributed by atoms with Gasteiger partial charge in [-0.25, -0.2) is 0 Å². The lowest BCUT2D eigenvalue weighted by Crippen LogP contribution is -2.54. The largest absolute Gasteiger partial charge is 0.573 e. The van der Waals surface area contributed by atoms with E-state index in [9.17, 15) is 35.7 Å². The van der Waals surface area contributed by atoms with Crippen LogP contribution in [0.15, 0.2) is 48.7 Å². The van der Waals surface area contributed by atoms with Gasteiger partial charge < -0.3 is 15.4 Å². The Morgan fingerprint density at radius 2 is 1.70 bits per heavy atom. The first-order chi connectivity index (χ1) is 17.3. The maximum Gasteiger partial charge on any atom is 0.573 e. The number of ketones is 1. The molecule has 2 atom stereocenters. The van der Waals surface area contributed by atoms with Gasteiger partial charge >= 0.3 is 16.7 Å². The highest BCUT2D eigenvalue weighted by Gasteiger charge is 2.55. The Morgan fingerprint density at radius 3 is 2.22 bits per heavy atom. The van der Waals surface area contributed by atoms with Crippen LogP contribution < -0.4 is 15.4 Å². The van der Waals surface area contributed by atoms with Crippen molar-refractivity contribution in [1.82, 2.24) is 9.29 Å². The fraction of sp³-hybridized carbons (Fsp3) is 0.435. The Bertz CT molecular complexity index is 1250. The topological polar surface area (TPSA) is 143 Å². The third-order valence-corrected chi connectivity index (χ3v) is 8.03. The molecule has 0 saturated carbocycles. The number of carbonyl (C=O) groups excluding carboxylic acids is 2. The SMILES string of the molecule is NC(=O)C(C(=O)C1N(c2ccc(OC(F)(F)F)cc2)CCC12CCN(S(=O)(=O)O)CC2)c1ccccn1. The van der Waals surface area contributed by atoms with Crippen molar-refractivity contribution < 1.29 is 40.5 Å². The lowest BCUT2D eigenvalue weighted by molar-refractivity contribution is -0.274. The monoisotopic (exact) mass is 542 g/mol. The Kier molecular flexibility index (Phi) is 7.18. The zero-order chi connectivity index (χ0) is 27.0. The van der Waals surface area contributed by atoms with Gasteiger partial charge in [0.2, 0.25) is 5.91 Å². The van der Waals surface area contributed by atoms with Crippen LogP contribution in [0.5, 0.6) is 5.75 Å². The van der Waals surface area contributed by atoms with E-state index in [1.54, 1.807) is 17.0 Å². The molecule has 10 nitrogen and oxygen atoms in total. The van der Waals surface area contributed by atoms with Gasteiger partial charge in [-0.3, -0.25) is 19.1 Å². The van der Waals surface area contributed by atoms with Gasteiger partial charge in [0, 0.05) is 36.9 Å². The minimum Gasteiger partial charge on any atom is -0.406 e. The maximum atomic E-state index is 14.0. The highest BCUT2D eigenvalue weighted by Crippen LogP contribution is 2.49. The van der Waals surface area contributed by atoms with Crippen molar-refractivity contribution in [2.75, 3.05) is 24.5 Å². The van der Waals surface area contributed by atoms with E-state index in [4.69, 9.17) is 5.73 Å². The van der Waals surface area contributed by atoms with E-state index in [2.05, 4.69) is 9.72 Å². The molecule has 0 bridgehead atoms. The molecule has 1 amide bonds. The third kappa shape index (κ3) is 5.70. The smallest absolute Gasteiger partial charge is 0.406 e. The number of nitrogens with zero attached hydrogens (tertiary/aromatic N) is 3. The average molecular weight is 543 g/mol. The molecule has 2 saturated heterocycles. The normalized spacial score (nSPS) is 21.1. The second kappa shape index (κ2) is 9.91. The second-order valence-corrected chi connectivity index (χ2v) is 10.5. The van der Waals surface area contributed by atoms with Crippen LogP contribution in [0.4, 0.5) is 18.9 Å². The zero-order valence-electron chi connectivity index (χ0n) is 19.5. The number of carbonyl (C=O) groups is 2. The minimum atomic E-state index is -4.86. The number of amides is 1. The van der Waals surface area contributed by atoms with Gasteiger partial charge in [-0.15, -0.1) is 13.2 Å². The van der Waals surface area contributed by atoms with E-state index in [-0.39, 0.29) is 31.6 Å². The Labute approximate surface area is 211 Å². The summed E-state index contributed by atoms with van der Waals surface area (Å²) in [4.78, 5) is 32.3. The molecule has 1 aromatic heterocycles. The van der Waals surface area contributed by atoms with Crippen molar-refractivity contribution in [3.05, 3.63) is 54.4 Å². The molecular weight excluding hydrogens is 517 g/mol. The number of benzene rings is 1. The summed E-state index contributed by atoms with van der Waals surface area (Å²) in [5.74, 6) is -3.27. The van der Waals surface area contributed by atoms with Crippen molar-refractivity contribution in [3.8, 4) is 5.75 Å². The lowest BCUT2D eigenvalue weighted by Gasteiger charge is -2.43. The highest BCUT2D eigenvalue weighted by molar-refractivity contribution is 7.83. The van der Waals surface area contributed by atoms with E-state index in [1.807, 2.05) is 0 Å².